The normalized spacial score (nSPS) is 15.0. The predicted molar refractivity (Wildman–Crippen MR) is 253 cm³/mol. The van der Waals surface area contributed by atoms with Crippen LogP contribution in [0, 0.1) is 0 Å². The van der Waals surface area contributed by atoms with Gasteiger partial charge in [0.25, 0.3) is 0 Å². The number of nitrogens with two attached hydrogens (primary N) is 1. The van der Waals surface area contributed by atoms with Crippen LogP contribution in [0.5, 0.6) is 0 Å². The van der Waals surface area contributed by atoms with Gasteiger partial charge in [0.1, 0.15) is 12.6 Å². The molecule has 0 aliphatic carbocycles. The van der Waals surface area contributed by atoms with E-state index in [1.165, 1.54) is 102 Å². The van der Waals surface area contributed by atoms with E-state index in [2.05, 4.69) is 42.7 Å². The Balaban J connectivity index is 4.86. The highest BCUT2D eigenvalue weighted by atomic mass is 31.2. The molecule has 0 bridgehead atoms. The number of carboxylic acid groups (broad SMARTS) is 1. The second kappa shape index (κ2) is 43.0. The molecule has 0 aromatic heterocycles. The van der Waals surface area contributed by atoms with Crippen LogP contribution in [0.4, 0.5) is 0 Å². The first-order chi connectivity index (χ1) is 30.1. The van der Waals surface area contributed by atoms with E-state index in [9.17, 15) is 23.8 Å². The standard InChI is InChI=1S/C50H74NO10P/c1-3-5-7-9-11-13-15-17-19-21-23-25-27-29-31-33-35-37-39-41-48(52)58-43-46(44-59-62(56,57)60-45-47(51)50(54)55)61-49(53)42-40-38-36-34-32-30-28-26-24-22-20-18-16-14-12-10-8-6-4-2/h19-42,46-47H,3-18,43-45,51H2,1-2H3,(H,54,55)(H,56,57)/t46-,47+/m1/s1. The van der Waals surface area contributed by atoms with Crippen LogP contribution in [0.3, 0.4) is 0 Å². The predicted octanol–water partition coefficient (Wildman–Crippen LogP) is 11.9. The first kappa shape index (κ1) is 57.4. The zero-order chi connectivity index (χ0) is 45.6. The zero-order valence-electron chi connectivity index (χ0n) is 37.1. The number of esters is 2. The molecule has 0 heterocycles. The molecule has 0 aromatic carbocycles. The van der Waals surface area contributed by atoms with Gasteiger partial charge in [0.2, 0.25) is 0 Å². The summed E-state index contributed by atoms with van der Waals surface area (Å²) < 4.78 is 32.2. The van der Waals surface area contributed by atoms with Gasteiger partial charge in [-0.25, -0.2) is 14.2 Å². The smallest absolute Gasteiger partial charge is 0.472 e. The molecule has 4 N–H and O–H groups in total. The van der Waals surface area contributed by atoms with Crippen molar-refractivity contribution in [1.82, 2.24) is 0 Å². The summed E-state index contributed by atoms with van der Waals surface area (Å²) in [6, 6.07) is -1.57. The summed E-state index contributed by atoms with van der Waals surface area (Å²) in [5.74, 6) is -3.07. The number of carbonyl (C=O) groups is 3. The first-order valence-corrected chi connectivity index (χ1v) is 23.6. The maximum atomic E-state index is 12.5. The van der Waals surface area contributed by atoms with Gasteiger partial charge in [0.15, 0.2) is 6.10 Å². The van der Waals surface area contributed by atoms with Gasteiger partial charge in [0, 0.05) is 12.2 Å². The topological polar surface area (TPSA) is 172 Å². The van der Waals surface area contributed by atoms with Gasteiger partial charge < -0.3 is 25.2 Å². The highest BCUT2D eigenvalue weighted by Crippen LogP contribution is 2.43. The SMILES string of the molecule is CCCCCCCCCC=CC=CC=CC=CC=CC=CC(=O)OC[C@H](COP(=O)(O)OC[C@H](N)C(=O)O)OC(=O)C=CC=CC=CC=CC=CC=CCCCCCCCCC. The highest BCUT2D eigenvalue weighted by Gasteiger charge is 2.27. The van der Waals surface area contributed by atoms with E-state index in [4.69, 9.17) is 24.8 Å². The number of hydrogen-bond acceptors (Lipinski definition) is 9. The van der Waals surface area contributed by atoms with Gasteiger partial charge in [0.05, 0.1) is 13.2 Å². The molecule has 0 fully saturated rings. The lowest BCUT2D eigenvalue weighted by molar-refractivity contribution is -0.154. The minimum absolute atomic E-state index is 0.526. The number of carbonyl (C=O) groups excluding carboxylic acids is 2. The number of ether oxygens (including phenoxy) is 2. The molecule has 0 spiro atoms. The molecule has 0 saturated heterocycles. The zero-order valence-corrected chi connectivity index (χ0v) is 38.0. The van der Waals surface area contributed by atoms with E-state index >= 15 is 0 Å². The number of unbranched alkanes of at least 4 members (excludes halogenated alkanes) is 14. The summed E-state index contributed by atoms with van der Waals surface area (Å²) in [6.45, 7) is 2.41. The number of aliphatic carboxylic acids is 1. The number of carboxylic acids is 1. The summed E-state index contributed by atoms with van der Waals surface area (Å²) in [4.78, 5) is 45.7. The van der Waals surface area contributed by atoms with Crippen LogP contribution < -0.4 is 5.73 Å². The molecule has 12 heteroatoms. The molecule has 0 radical (unpaired) electrons. The van der Waals surface area contributed by atoms with Gasteiger partial charge in [-0.05, 0) is 25.7 Å². The third-order valence-corrected chi connectivity index (χ3v) is 9.49. The molecule has 0 aliphatic heterocycles. The van der Waals surface area contributed by atoms with E-state index in [1.807, 2.05) is 60.8 Å². The van der Waals surface area contributed by atoms with Crippen molar-refractivity contribution in [2.45, 2.75) is 129 Å². The molecule has 1 unspecified atom stereocenters. The average molecular weight is 880 g/mol. The third-order valence-electron chi connectivity index (χ3n) is 8.54. The van der Waals surface area contributed by atoms with Crippen molar-refractivity contribution < 1.29 is 47.5 Å². The Bertz CT molecular complexity index is 1600. The maximum absolute atomic E-state index is 12.5. The van der Waals surface area contributed by atoms with Crippen LogP contribution in [0.15, 0.2) is 146 Å². The van der Waals surface area contributed by atoms with Crippen LogP contribution in [-0.4, -0.2) is 59.9 Å². The van der Waals surface area contributed by atoms with Gasteiger partial charge in [-0.2, -0.15) is 0 Å². The largest absolute Gasteiger partial charge is 0.480 e. The van der Waals surface area contributed by atoms with Gasteiger partial charge in [-0.15, -0.1) is 0 Å². The lowest BCUT2D eigenvalue weighted by Crippen LogP contribution is -2.34. The van der Waals surface area contributed by atoms with Crippen molar-refractivity contribution in [3.63, 3.8) is 0 Å². The number of phosphoric acid groups is 1. The van der Waals surface area contributed by atoms with E-state index in [-0.39, 0.29) is 0 Å². The van der Waals surface area contributed by atoms with Gasteiger partial charge in [-0.3, -0.25) is 13.8 Å². The number of allylic oxidation sites excluding steroid dienone is 22. The van der Waals surface area contributed by atoms with Crippen LogP contribution >= 0.6 is 7.82 Å². The molecule has 3 atom stereocenters. The fourth-order valence-corrected chi connectivity index (χ4v) is 5.86. The number of rotatable bonds is 38. The second-order valence-corrected chi connectivity index (χ2v) is 15.6. The van der Waals surface area contributed by atoms with Crippen LogP contribution in [-0.2, 0) is 37.5 Å². The Morgan fingerprint density at radius 1 is 0.500 bits per heavy atom. The van der Waals surface area contributed by atoms with Crippen LogP contribution in [0.25, 0.3) is 0 Å². The Morgan fingerprint density at radius 3 is 1.27 bits per heavy atom. The number of hydrogen-bond donors (Lipinski definition) is 3. The van der Waals surface area contributed by atoms with Crippen LogP contribution in [0.2, 0.25) is 0 Å². The maximum Gasteiger partial charge on any atom is 0.472 e. The third kappa shape index (κ3) is 42.1. The molecule has 62 heavy (non-hydrogen) atoms. The van der Waals surface area contributed by atoms with Crippen LogP contribution in [0.1, 0.15) is 117 Å². The quantitative estimate of drug-likeness (QED) is 0.0177. The summed E-state index contributed by atoms with van der Waals surface area (Å²) in [5.41, 5.74) is 5.31. The Kier molecular flexibility index (Phi) is 39.8. The molecule has 0 aliphatic rings. The van der Waals surface area contributed by atoms with E-state index in [1.54, 1.807) is 36.5 Å². The lowest BCUT2D eigenvalue weighted by Gasteiger charge is -2.19. The Labute approximate surface area is 372 Å². The van der Waals surface area contributed by atoms with Crippen molar-refractivity contribution in [3.8, 4) is 0 Å². The summed E-state index contributed by atoms with van der Waals surface area (Å²) >= 11 is 0. The van der Waals surface area contributed by atoms with Crippen molar-refractivity contribution in [1.29, 1.82) is 0 Å². The minimum atomic E-state index is -4.80. The van der Waals surface area contributed by atoms with Gasteiger partial charge >= 0.3 is 25.7 Å². The minimum Gasteiger partial charge on any atom is -0.480 e. The molecule has 11 nitrogen and oxygen atoms in total. The van der Waals surface area contributed by atoms with E-state index in [0.717, 1.165) is 25.0 Å². The summed E-state index contributed by atoms with van der Waals surface area (Å²) in [6.07, 6.45) is 62.0. The highest BCUT2D eigenvalue weighted by molar-refractivity contribution is 7.47. The molecule has 0 rings (SSSR count). The second-order valence-electron chi connectivity index (χ2n) is 14.2. The molecule has 0 aromatic rings. The molecule has 344 valence electrons. The van der Waals surface area contributed by atoms with Crippen molar-refractivity contribution in [2.24, 2.45) is 5.73 Å². The Hall–Kier alpha value is -4.64. The number of phosphoric ester groups is 1. The molecule has 0 amide bonds. The van der Waals surface area contributed by atoms with Crippen molar-refractivity contribution >= 4 is 25.7 Å². The summed E-state index contributed by atoms with van der Waals surface area (Å²) in [5, 5.41) is 8.88. The lowest BCUT2D eigenvalue weighted by atomic mass is 10.1. The molecular formula is C50H74NO10P. The van der Waals surface area contributed by atoms with Crippen molar-refractivity contribution in [3.05, 3.63) is 146 Å². The molecule has 0 saturated carbocycles. The summed E-state index contributed by atoms with van der Waals surface area (Å²) in [7, 11) is -4.80. The fourth-order valence-electron chi connectivity index (χ4n) is 5.09. The average Bonchev–Trinajstić information content (AvgIpc) is 3.25. The molecular weight excluding hydrogens is 806 g/mol. The van der Waals surface area contributed by atoms with E-state index in [0.29, 0.717) is 0 Å². The van der Waals surface area contributed by atoms with Gasteiger partial charge in [-0.1, -0.05) is 225 Å². The fraction of sp³-hybridized carbons (Fsp3) is 0.460. The van der Waals surface area contributed by atoms with E-state index < -0.39 is 57.7 Å². The Morgan fingerprint density at radius 2 is 0.855 bits per heavy atom. The monoisotopic (exact) mass is 880 g/mol. The first-order valence-electron chi connectivity index (χ1n) is 22.1. The van der Waals surface area contributed by atoms with Crippen molar-refractivity contribution in [2.75, 3.05) is 19.8 Å².